The third kappa shape index (κ3) is 3.69. The first-order valence-electron chi connectivity index (χ1n) is 9.84. The summed E-state index contributed by atoms with van der Waals surface area (Å²) in [5.74, 6) is -0.173. The second kappa shape index (κ2) is 7.96. The summed E-state index contributed by atoms with van der Waals surface area (Å²) in [6, 6.07) is 11.6. The van der Waals surface area contributed by atoms with Gasteiger partial charge in [0.05, 0.1) is 24.6 Å². The lowest BCUT2D eigenvalue weighted by Crippen LogP contribution is -2.34. The number of carbonyl (C=O) groups excluding carboxylic acids is 3. The van der Waals surface area contributed by atoms with E-state index in [0.717, 1.165) is 31.2 Å². The quantitative estimate of drug-likeness (QED) is 0.780. The molecule has 1 aromatic carbocycles. The maximum absolute atomic E-state index is 12.5. The fourth-order valence-corrected chi connectivity index (χ4v) is 4.19. The van der Waals surface area contributed by atoms with Crippen LogP contribution in [0.5, 0.6) is 0 Å². The Morgan fingerprint density at radius 1 is 1.04 bits per heavy atom. The number of nitrogens with one attached hydrogen (secondary N) is 1. The molecule has 0 radical (unpaired) electrons. The Morgan fingerprint density at radius 2 is 1.71 bits per heavy atom. The predicted octanol–water partition coefficient (Wildman–Crippen LogP) is 2.44. The number of nitrogens with zero attached hydrogens (tertiary/aromatic N) is 3. The number of imide groups is 1. The number of fused-ring (bicyclic) bond motifs is 1. The molecule has 0 spiro atoms. The maximum atomic E-state index is 12.5. The van der Waals surface area contributed by atoms with Gasteiger partial charge in [-0.15, -0.1) is 0 Å². The molecule has 7 nitrogen and oxygen atoms in total. The van der Waals surface area contributed by atoms with Crippen molar-refractivity contribution in [2.45, 2.75) is 38.6 Å². The molecule has 7 heteroatoms. The fourth-order valence-electron chi connectivity index (χ4n) is 4.19. The number of likely N-dealkylation sites (tertiary alicyclic amines) is 1. The number of amides is 3. The predicted molar refractivity (Wildman–Crippen MR) is 103 cm³/mol. The highest BCUT2D eigenvalue weighted by Crippen LogP contribution is 2.37. The summed E-state index contributed by atoms with van der Waals surface area (Å²) in [5, 5.41) is 7.10. The van der Waals surface area contributed by atoms with Crippen molar-refractivity contribution in [1.82, 2.24) is 14.7 Å². The highest BCUT2D eigenvalue weighted by atomic mass is 16.2. The lowest BCUT2D eigenvalue weighted by atomic mass is 9.81. The molecule has 1 aliphatic carbocycles. The molecule has 0 bridgehead atoms. The van der Waals surface area contributed by atoms with Crippen molar-refractivity contribution in [3.05, 3.63) is 48.2 Å². The molecule has 28 heavy (non-hydrogen) atoms. The normalized spacial score (nSPS) is 21.6. The first kappa shape index (κ1) is 18.4. The molecule has 3 amide bonds. The molecule has 1 saturated heterocycles. The number of rotatable bonds is 6. The van der Waals surface area contributed by atoms with Crippen LogP contribution in [0, 0.1) is 11.8 Å². The van der Waals surface area contributed by atoms with E-state index in [9.17, 15) is 14.4 Å². The summed E-state index contributed by atoms with van der Waals surface area (Å²) in [6.45, 7) is 0.694. The van der Waals surface area contributed by atoms with Crippen molar-refractivity contribution < 1.29 is 14.4 Å². The number of aromatic nitrogens is 2. The van der Waals surface area contributed by atoms with Crippen LogP contribution in [-0.2, 0) is 20.9 Å². The second-order valence-corrected chi connectivity index (χ2v) is 7.48. The maximum Gasteiger partial charge on any atom is 0.233 e. The summed E-state index contributed by atoms with van der Waals surface area (Å²) < 4.78 is 1.72. The Kier molecular flexibility index (Phi) is 5.23. The highest BCUT2D eigenvalue weighted by Gasteiger charge is 2.47. The van der Waals surface area contributed by atoms with Gasteiger partial charge in [0.25, 0.3) is 0 Å². The first-order valence-corrected chi connectivity index (χ1v) is 9.84. The molecular weight excluding hydrogens is 356 g/mol. The monoisotopic (exact) mass is 380 g/mol. The largest absolute Gasteiger partial charge is 0.311 e. The summed E-state index contributed by atoms with van der Waals surface area (Å²) in [6.07, 6.45) is 5.30. The first-order chi connectivity index (χ1) is 13.6. The Balaban J connectivity index is 1.34. The molecule has 1 aromatic heterocycles. The third-order valence-corrected chi connectivity index (χ3v) is 5.65. The van der Waals surface area contributed by atoms with Gasteiger partial charge in [-0.1, -0.05) is 43.2 Å². The van der Waals surface area contributed by atoms with Gasteiger partial charge < -0.3 is 5.32 Å². The zero-order valence-corrected chi connectivity index (χ0v) is 15.7. The van der Waals surface area contributed by atoms with Crippen LogP contribution < -0.4 is 5.32 Å². The van der Waals surface area contributed by atoms with E-state index in [1.807, 2.05) is 30.3 Å². The van der Waals surface area contributed by atoms with Crippen molar-refractivity contribution in [1.29, 1.82) is 0 Å². The molecule has 146 valence electrons. The van der Waals surface area contributed by atoms with E-state index in [1.54, 1.807) is 16.9 Å². The molecule has 2 atom stereocenters. The minimum Gasteiger partial charge on any atom is -0.311 e. The fraction of sp³-hybridized carbons (Fsp3) is 0.429. The average molecular weight is 380 g/mol. The van der Waals surface area contributed by atoms with E-state index in [1.165, 1.54) is 4.90 Å². The van der Waals surface area contributed by atoms with Gasteiger partial charge >= 0.3 is 0 Å². The van der Waals surface area contributed by atoms with Crippen molar-refractivity contribution in [2.75, 3.05) is 11.9 Å². The molecule has 2 heterocycles. The Labute approximate surface area is 163 Å². The number of benzene rings is 1. The van der Waals surface area contributed by atoms with Crippen LogP contribution in [0.25, 0.3) is 0 Å². The molecule has 2 aromatic rings. The summed E-state index contributed by atoms with van der Waals surface area (Å²) in [4.78, 5) is 38.7. The van der Waals surface area contributed by atoms with E-state index in [4.69, 9.17) is 0 Å². The van der Waals surface area contributed by atoms with Gasteiger partial charge in [0.2, 0.25) is 17.7 Å². The van der Waals surface area contributed by atoms with Crippen LogP contribution in [0.4, 0.5) is 5.82 Å². The van der Waals surface area contributed by atoms with Crippen molar-refractivity contribution in [2.24, 2.45) is 11.8 Å². The van der Waals surface area contributed by atoms with Crippen LogP contribution >= 0.6 is 0 Å². The van der Waals surface area contributed by atoms with E-state index < -0.39 is 0 Å². The van der Waals surface area contributed by atoms with Gasteiger partial charge in [-0.3, -0.25) is 19.3 Å². The Bertz CT molecular complexity index is 853. The second-order valence-electron chi connectivity index (χ2n) is 7.48. The summed E-state index contributed by atoms with van der Waals surface area (Å²) in [5.41, 5.74) is 1.08. The van der Waals surface area contributed by atoms with E-state index in [2.05, 4.69) is 10.4 Å². The van der Waals surface area contributed by atoms with E-state index in [0.29, 0.717) is 12.4 Å². The zero-order valence-electron chi connectivity index (χ0n) is 15.7. The van der Waals surface area contributed by atoms with Crippen LogP contribution in [0.1, 0.15) is 37.7 Å². The standard InChI is InChI=1S/C21H24N4O3/c26-19(11-13-24-20(27)16-8-4-5-9-17(16)21(24)28)23-18-10-12-22-25(18)14-15-6-2-1-3-7-15/h1-3,6-7,10,12,16-17H,4-5,8-9,11,13-14H2,(H,23,26)/t16-,17-/m1/s1. The number of hydrogen-bond acceptors (Lipinski definition) is 4. The minimum absolute atomic E-state index is 0.0907. The van der Waals surface area contributed by atoms with Crippen molar-refractivity contribution in [3.8, 4) is 0 Å². The third-order valence-electron chi connectivity index (χ3n) is 5.65. The van der Waals surface area contributed by atoms with E-state index >= 15 is 0 Å². The van der Waals surface area contributed by atoms with E-state index in [-0.39, 0.29) is 42.5 Å². The Morgan fingerprint density at radius 3 is 2.39 bits per heavy atom. The molecule has 2 fully saturated rings. The minimum atomic E-state index is -0.231. The number of hydrogen-bond donors (Lipinski definition) is 1. The molecule has 1 saturated carbocycles. The number of carbonyl (C=O) groups is 3. The summed E-state index contributed by atoms with van der Waals surface area (Å²) in [7, 11) is 0. The van der Waals surface area contributed by atoms with Gasteiger partial charge in [0.1, 0.15) is 5.82 Å². The lowest BCUT2D eigenvalue weighted by Gasteiger charge is -2.19. The van der Waals surface area contributed by atoms with Gasteiger partial charge in [0, 0.05) is 19.0 Å². The van der Waals surface area contributed by atoms with Crippen molar-refractivity contribution >= 4 is 23.5 Å². The van der Waals surface area contributed by atoms with Gasteiger partial charge in [-0.2, -0.15) is 5.10 Å². The zero-order chi connectivity index (χ0) is 19.5. The molecule has 1 aliphatic heterocycles. The van der Waals surface area contributed by atoms with Gasteiger partial charge in [-0.05, 0) is 18.4 Å². The smallest absolute Gasteiger partial charge is 0.233 e. The van der Waals surface area contributed by atoms with Crippen molar-refractivity contribution in [3.63, 3.8) is 0 Å². The molecular formula is C21H24N4O3. The molecule has 2 aliphatic rings. The van der Waals surface area contributed by atoms with Gasteiger partial charge in [-0.25, -0.2) is 4.68 Å². The molecule has 1 N–H and O–H groups in total. The van der Waals surface area contributed by atoms with Crippen LogP contribution in [-0.4, -0.2) is 38.9 Å². The lowest BCUT2D eigenvalue weighted by molar-refractivity contribution is -0.140. The topological polar surface area (TPSA) is 84.3 Å². The molecule has 4 rings (SSSR count). The molecule has 0 unspecified atom stereocenters. The average Bonchev–Trinajstić information content (AvgIpc) is 3.24. The van der Waals surface area contributed by atoms with Crippen LogP contribution in [0.3, 0.4) is 0 Å². The van der Waals surface area contributed by atoms with Crippen LogP contribution in [0.15, 0.2) is 42.6 Å². The highest BCUT2D eigenvalue weighted by molar-refractivity contribution is 6.05. The number of anilines is 1. The van der Waals surface area contributed by atoms with Crippen LogP contribution in [0.2, 0.25) is 0 Å². The SMILES string of the molecule is O=C(CCN1C(=O)[C@@H]2CCCC[C@H]2C1=O)Nc1ccnn1Cc1ccccc1. The van der Waals surface area contributed by atoms with Gasteiger partial charge in [0.15, 0.2) is 0 Å². The Hall–Kier alpha value is -2.96. The summed E-state index contributed by atoms with van der Waals surface area (Å²) >= 11 is 0.